The summed E-state index contributed by atoms with van der Waals surface area (Å²) in [5.41, 5.74) is 6.52. The van der Waals surface area contributed by atoms with Crippen molar-refractivity contribution in [2.45, 2.75) is 25.3 Å². The zero-order valence-corrected chi connectivity index (χ0v) is 21.0. The fourth-order valence-corrected chi connectivity index (χ4v) is 5.18. The van der Waals surface area contributed by atoms with Gasteiger partial charge in [0.25, 0.3) is 0 Å². The zero-order valence-electron chi connectivity index (χ0n) is 20.2. The molecule has 0 unspecified atom stereocenters. The Morgan fingerprint density at radius 2 is 1.42 bits per heavy atom. The van der Waals surface area contributed by atoms with Crippen LogP contribution in [0.5, 0.6) is 0 Å². The predicted molar refractivity (Wildman–Crippen MR) is 147 cm³/mol. The third-order valence-electron chi connectivity index (χ3n) is 6.70. The number of ether oxygens (including phenoxy) is 1. The van der Waals surface area contributed by atoms with Crippen LogP contribution in [0.15, 0.2) is 109 Å². The molecule has 0 spiro atoms. The number of aromatic nitrogens is 1. The van der Waals surface area contributed by atoms with Gasteiger partial charge in [-0.15, -0.1) is 0 Å². The Morgan fingerprint density at radius 3 is 2.08 bits per heavy atom. The second-order valence-corrected chi connectivity index (χ2v) is 9.39. The van der Waals surface area contributed by atoms with Crippen molar-refractivity contribution < 1.29 is 9.53 Å². The maximum atomic E-state index is 12.2. The van der Waals surface area contributed by atoms with E-state index in [0.717, 1.165) is 35.4 Å². The number of esters is 1. The number of hydrogen-bond donors (Lipinski definition) is 0. The largest absolute Gasteiger partial charge is 0.465 e. The number of aryl methyl sites for hydroxylation is 2. The van der Waals surface area contributed by atoms with Crippen LogP contribution in [0, 0.1) is 0 Å². The number of halogens is 1. The number of hydrogen-bond acceptors (Lipinski definition) is 2. The van der Waals surface area contributed by atoms with Crippen molar-refractivity contribution in [3.05, 3.63) is 142 Å². The van der Waals surface area contributed by atoms with E-state index in [-0.39, 0.29) is 12.0 Å². The van der Waals surface area contributed by atoms with Crippen LogP contribution >= 0.6 is 11.6 Å². The predicted octanol–water partition coefficient (Wildman–Crippen LogP) is 7.89. The van der Waals surface area contributed by atoms with Crippen molar-refractivity contribution in [3.8, 4) is 0 Å². The van der Waals surface area contributed by atoms with E-state index in [2.05, 4.69) is 83.6 Å². The number of benzene rings is 4. The Hall–Kier alpha value is -3.82. The van der Waals surface area contributed by atoms with E-state index in [4.69, 9.17) is 16.3 Å². The van der Waals surface area contributed by atoms with Crippen LogP contribution in [-0.4, -0.2) is 17.6 Å². The molecule has 0 saturated heterocycles. The Kier molecular flexibility index (Phi) is 7.20. The summed E-state index contributed by atoms with van der Waals surface area (Å²) in [6.07, 6.45) is 4.84. The molecular formula is C32H28ClNO2. The van der Waals surface area contributed by atoms with Crippen LogP contribution in [-0.2, 0) is 17.6 Å². The molecule has 4 heteroatoms. The Labute approximate surface area is 216 Å². The molecule has 36 heavy (non-hydrogen) atoms. The Balaban J connectivity index is 1.52. The molecule has 0 amide bonds. The highest BCUT2D eigenvalue weighted by atomic mass is 35.5. The average Bonchev–Trinajstić information content (AvgIpc) is 3.27. The summed E-state index contributed by atoms with van der Waals surface area (Å²) in [6, 6.07) is 35.1. The van der Waals surface area contributed by atoms with Crippen LogP contribution in [0.25, 0.3) is 10.9 Å². The smallest absolute Gasteiger partial charge is 0.338 e. The zero-order chi connectivity index (χ0) is 24.9. The van der Waals surface area contributed by atoms with Gasteiger partial charge in [0.15, 0.2) is 0 Å². The highest BCUT2D eigenvalue weighted by Gasteiger charge is 2.20. The van der Waals surface area contributed by atoms with E-state index >= 15 is 0 Å². The van der Waals surface area contributed by atoms with Gasteiger partial charge in [0.1, 0.15) is 0 Å². The third-order valence-corrected chi connectivity index (χ3v) is 6.94. The standard InChI is InChI=1S/C32H28ClNO2/c1-36-32(35)28-18-9-8-11-23(28)16-10-17-26-22-34(30-20-19-27(33)21-29(26)30)31(24-12-4-2-5-13-24)25-14-6-3-7-15-25/h2-9,11-15,18-22,31H,10,16-17H2,1H3. The van der Waals surface area contributed by atoms with Crippen molar-refractivity contribution >= 4 is 28.5 Å². The molecule has 1 aromatic heterocycles. The first kappa shape index (κ1) is 23.9. The first-order valence-corrected chi connectivity index (χ1v) is 12.6. The average molecular weight is 494 g/mol. The number of carbonyl (C=O) groups is 1. The van der Waals surface area contributed by atoms with Crippen molar-refractivity contribution in [1.82, 2.24) is 4.57 Å². The molecule has 0 fully saturated rings. The summed E-state index contributed by atoms with van der Waals surface area (Å²) in [5, 5.41) is 1.90. The molecule has 3 nitrogen and oxygen atoms in total. The van der Waals surface area contributed by atoms with E-state index in [1.165, 1.54) is 29.2 Å². The Morgan fingerprint density at radius 1 is 0.806 bits per heavy atom. The lowest BCUT2D eigenvalue weighted by atomic mass is 9.98. The first-order chi connectivity index (χ1) is 17.7. The lowest BCUT2D eigenvalue weighted by Gasteiger charge is -2.21. The summed E-state index contributed by atoms with van der Waals surface area (Å²) in [7, 11) is 1.42. The lowest BCUT2D eigenvalue weighted by Crippen LogP contribution is -2.11. The molecule has 0 atom stereocenters. The summed E-state index contributed by atoms with van der Waals surface area (Å²) >= 11 is 6.45. The van der Waals surface area contributed by atoms with E-state index in [9.17, 15) is 4.79 Å². The molecule has 4 aromatic carbocycles. The van der Waals surface area contributed by atoms with E-state index in [1.54, 1.807) is 0 Å². The number of fused-ring (bicyclic) bond motifs is 1. The summed E-state index contributed by atoms with van der Waals surface area (Å²) in [6.45, 7) is 0. The molecule has 0 N–H and O–H groups in total. The first-order valence-electron chi connectivity index (χ1n) is 12.2. The fourth-order valence-electron chi connectivity index (χ4n) is 5.01. The molecule has 0 bridgehead atoms. The van der Waals surface area contributed by atoms with Gasteiger partial charge in [-0.1, -0.05) is 90.5 Å². The molecule has 5 aromatic rings. The van der Waals surface area contributed by atoms with Gasteiger partial charge in [-0.3, -0.25) is 0 Å². The monoisotopic (exact) mass is 493 g/mol. The van der Waals surface area contributed by atoms with Crippen molar-refractivity contribution in [2.24, 2.45) is 0 Å². The lowest BCUT2D eigenvalue weighted by molar-refractivity contribution is 0.0599. The van der Waals surface area contributed by atoms with Crippen molar-refractivity contribution in [3.63, 3.8) is 0 Å². The number of nitrogens with zero attached hydrogens (tertiary/aromatic N) is 1. The van der Waals surface area contributed by atoms with Gasteiger partial charge in [-0.25, -0.2) is 4.79 Å². The highest BCUT2D eigenvalue weighted by molar-refractivity contribution is 6.31. The topological polar surface area (TPSA) is 31.2 Å². The van der Waals surface area contributed by atoms with Crippen molar-refractivity contribution in [1.29, 1.82) is 0 Å². The second-order valence-electron chi connectivity index (χ2n) is 8.95. The molecule has 0 saturated carbocycles. The van der Waals surface area contributed by atoms with E-state index < -0.39 is 0 Å². The minimum Gasteiger partial charge on any atom is -0.465 e. The van der Waals surface area contributed by atoms with Gasteiger partial charge < -0.3 is 9.30 Å². The van der Waals surface area contributed by atoms with Gasteiger partial charge in [-0.2, -0.15) is 0 Å². The molecule has 1 heterocycles. The van der Waals surface area contributed by atoms with Crippen LogP contribution in [0.1, 0.15) is 45.1 Å². The molecule has 0 aliphatic heterocycles. The second kappa shape index (κ2) is 10.8. The highest BCUT2D eigenvalue weighted by Crippen LogP contribution is 2.34. The third kappa shape index (κ3) is 4.93. The minimum atomic E-state index is -0.289. The normalized spacial score (nSPS) is 11.2. The molecule has 5 rings (SSSR count). The van der Waals surface area contributed by atoms with Crippen LogP contribution in [0.2, 0.25) is 5.02 Å². The van der Waals surface area contributed by atoms with Crippen molar-refractivity contribution in [2.75, 3.05) is 7.11 Å². The fraction of sp³-hybridized carbons (Fsp3) is 0.156. The minimum absolute atomic E-state index is 0.0462. The SMILES string of the molecule is COC(=O)c1ccccc1CCCc1cn(C(c2ccccc2)c2ccccc2)c2ccc(Cl)cc12. The maximum absolute atomic E-state index is 12.2. The maximum Gasteiger partial charge on any atom is 0.338 e. The molecule has 0 aliphatic carbocycles. The quantitative estimate of drug-likeness (QED) is 0.206. The van der Waals surface area contributed by atoms with Gasteiger partial charge >= 0.3 is 5.97 Å². The number of methoxy groups -OCH3 is 1. The Bertz CT molecular complexity index is 1440. The van der Waals surface area contributed by atoms with Gasteiger partial charge in [0, 0.05) is 22.1 Å². The number of carbonyl (C=O) groups excluding carboxylic acids is 1. The molecule has 180 valence electrons. The van der Waals surface area contributed by atoms with Crippen LogP contribution < -0.4 is 0 Å². The molecular weight excluding hydrogens is 466 g/mol. The van der Waals surface area contributed by atoms with Crippen LogP contribution in [0.3, 0.4) is 0 Å². The summed E-state index contributed by atoms with van der Waals surface area (Å²) in [4.78, 5) is 12.2. The van der Waals surface area contributed by atoms with E-state index in [0.29, 0.717) is 5.56 Å². The van der Waals surface area contributed by atoms with Gasteiger partial charge in [0.2, 0.25) is 0 Å². The van der Waals surface area contributed by atoms with Crippen LogP contribution in [0.4, 0.5) is 0 Å². The summed E-state index contributed by atoms with van der Waals surface area (Å²) in [5.74, 6) is -0.289. The molecule has 0 radical (unpaired) electrons. The number of rotatable bonds is 8. The van der Waals surface area contributed by atoms with E-state index in [1.807, 2.05) is 30.3 Å². The molecule has 0 aliphatic rings. The summed E-state index contributed by atoms with van der Waals surface area (Å²) < 4.78 is 7.34. The van der Waals surface area contributed by atoms with Gasteiger partial charge in [0.05, 0.1) is 18.7 Å². The van der Waals surface area contributed by atoms with Gasteiger partial charge in [-0.05, 0) is 65.8 Å².